The van der Waals surface area contributed by atoms with Crippen molar-refractivity contribution in [3.63, 3.8) is 0 Å². The van der Waals surface area contributed by atoms with E-state index < -0.39 is 40.6 Å². The van der Waals surface area contributed by atoms with Gasteiger partial charge in [0.05, 0.1) is 5.69 Å². The molecule has 4 rings (SSSR count). The maximum absolute atomic E-state index is 13.1. The van der Waals surface area contributed by atoms with E-state index in [0.29, 0.717) is 18.2 Å². The zero-order valence-electron chi connectivity index (χ0n) is 30.5. The van der Waals surface area contributed by atoms with Gasteiger partial charge in [0.15, 0.2) is 0 Å². The van der Waals surface area contributed by atoms with Crippen LogP contribution in [0.4, 0.5) is 20.2 Å². The van der Waals surface area contributed by atoms with E-state index in [1.165, 1.54) is 4.57 Å². The summed E-state index contributed by atoms with van der Waals surface area (Å²) in [5.41, 5.74) is -1.20. The van der Waals surface area contributed by atoms with Crippen molar-refractivity contribution >= 4 is 29.9 Å². The van der Waals surface area contributed by atoms with Crippen molar-refractivity contribution < 1.29 is 28.7 Å². The second kappa shape index (κ2) is 15.5. The van der Waals surface area contributed by atoms with Crippen molar-refractivity contribution in [2.24, 2.45) is 5.92 Å². The number of carbonyl (C=O) groups excluding carboxylic acids is 4. The van der Waals surface area contributed by atoms with Gasteiger partial charge < -0.3 is 29.9 Å². The van der Waals surface area contributed by atoms with Crippen LogP contribution in [-0.2, 0) is 20.8 Å². The number of urea groups is 1. The Bertz CT molecular complexity index is 1590. The van der Waals surface area contributed by atoms with E-state index in [-0.39, 0.29) is 37.9 Å². The van der Waals surface area contributed by atoms with Gasteiger partial charge in [-0.3, -0.25) is 19.6 Å². The topological polar surface area (TPSA) is 167 Å². The summed E-state index contributed by atoms with van der Waals surface area (Å²) in [7, 11) is 0. The van der Waals surface area contributed by atoms with Crippen molar-refractivity contribution in [2.45, 2.75) is 85.1 Å². The van der Waals surface area contributed by atoms with Crippen LogP contribution in [-0.4, -0.2) is 111 Å². The van der Waals surface area contributed by atoms with Crippen LogP contribution in [0.5, 0.6) is 0 Å². The third-order valence-electron chi connectivity index (χ3n) is 8.17. The highest BCUT2D eigenvalue weighted by atomic mass is 16.6. The third-order valence-corrected chi connectivity index (χ3v) is 8.17. The predicted molar refractivity (Wildman–Crippen MR) is 188 cm³/mol. The second-order valence-electron chi connectivity index (χ2n) is 15.4. The molecule has 50 heavy (non-hydrogen) atoms. The average Bonchev–Trinajstić information content (AvgIpc) is 3.45. The highest BCUT2D eigenvalue weighted by Crippen LogP contribution is 2.20. The first-order chi connectivity index (χ1) is 23.3. The Morgan fingerprint density at radius 2 is 1.42 bits per heavy atom. The maximum Gasteiger partial charge on any atom is 0.408 e. The Morgan fingerprint density at radius 1 is 0.820 bits per heavy atom. The standard InChI is InChI=1S/C35H52N8O7/c1-33(2,3)49-31(47)36-21-25-13-15-40(23-25)22-24-9-11-26(12-10-24)43-16-14-27(38-30(43)46)37-29(45)42-19-17-41(18-20-42)28(44)35(7,8)39-32(48)50-34(4,5)6/h9-12,14,16,25H,13,15,17-23H2,1-8H3,(H,36,47)(H,39,48)(H,37,38,45,46)/t25-/m0/s1. The Balaban J connectivity index is 1.23. The van der Waals surface area contributed by atoms with Gasteiger partial charge in [-0.1, -0.05) is 12.1 Å². The Labute approximate surface area is 293 Å². The van der Waals surface area contributed by atoms with E-state index >= 15 is 0 Å². The molecule has 2 aliphatic rings. The predicted octanol–water partition coefficient (Wildman–Crippen LogP) is 3.56. The molecule has 1 aromatic carbocycles. The van der Waals surface area contributed by atoms with Gasteiger partial charge in [0.1, 0.15) is 22.6 Å². The summed E-state index contributed by atoms with van der Waals surface area (Å²) < 4.78 is 12.0. The third kappa shape index (κ3) is 11.2. The number of hydrogen-bond acceptors (Lipinski definition) is 9. The first-order valence-electron chi connectivity index (χ1n) is 17.0. The molecule has 274 valence electrons. The first kappa shape index (κ1) is 38.1. The van der Waals surface area contributed by atoms with Gasteiger partial charge in [-0.05, 0) is 98.0 Å². The van der Waals surface area contributed by atoms with Gasteiger partial charge in [0.25, 0.3) is 0 Å². The van der Waals surface area contributed by atoms with Gasteiger partial charge in [-0.15, -0.1) is 0 Å². The van der Waals surface area contributed by atoms with E-state index in [0.717, 1.165) is 31.6 Å². The van der Waals surface area contributed by atoms with Crippen LogP contribution in [0, 0.1) is 5.92 Å². The Hall–Kier alpha value is -4.66. The van der Waals surface area contributed by atoms with E-state index in [1.807, 2.05) is 45.0 Å². The molecule has 0 spiro atoms. The van der Waals surface area contributed by atoms with E-state index in [9.17, 15) is 24.0 Å². The second-order valence-corrected chi connectivity index (χ2v) is 15.4. The minimum absolute atomic E-state index is 0.124. The summed E-state index contributed by atoms with van der Waals surface area (Å²) in [5, 5.41) is 8.18. The molecular formula is C35H52N8O7. The molecule has 0 aliphatic carbocycles. The summed E-state index contributed by atoms with van der Waals surface area (Å²) >= 11 is 0. The van der Waals surface area contributed by atoms with Crippen LogP contribution in [0.25, 0.3) is 5.69 Å². The maximum atomic E-state index is 13.1. The number of nitrogens with zero attached hydrogens (tertiary/aromatic N) is 5. The molecule has 5 amide bonds. The number of hydrogen-bond donors (Lipinski definition) is 3. The largest absolute Gasteiger partial charge is 0.444 e. The summed E-state index contributed by atoms with van der Waals surface area (Å²) in [5.74, 6) is 0.196. The van der Waals surface area contributed by atoms with Gasteiger partial charge in [-0.25, -0.2) is 19.2 Å². The summed E-state index contributed by atoms with van der Waals surface area (Å²) in [6, 6.07) is 8.81. The summed E-state index contributed by atoms with van der Waals surface area (Å²) in [6.45, 7) is 18.2. The van der Waals surface area contributed by atoms with Crippen molar-refractivity contribution in [2.75, 3.05) is 51.1 Å². The Kier molecular flexibility index (Phi) is 11.8. The van der Waals surface area contributed by atoms with Gasteiger partial charge >= 0.3 is 23.9 Å². The lowest BCUT2D eigenvalue weighted by Gasteiger charge is -2.38. The molecule has 0 bridgehead atoms. The lowest BCUT2D eigenvalue weighted by Crippen LogP contribution is -2.60. The number of piperazine rings is 1. The zero-order chi connectivity index (χ0) is 36.9. The highest BCUT2D eigenvalue weighted by molar-refractivity contribution is 5.90. The van der Waals surface area contributed by atoms with Gasteiger partial charge in [0.2, 0.25) is 5.91 Å². The fraction of sp³-hybridized carbons (Fsp3) is 0.600. The minimum Gasteiger partial charge on any atom is -0.444 e. The number of rotatable bonds is 8. The molecule has 2 aliphatic heterocycles. The fourth-order valence-corrected chi connectivity index (χ4v) is 5.76. The van der Waals surface area contributed by atoms with Crippen LogP contribution in [0.1, 0.15) is 67.4 Å². The molecule has 2 fully saturated rings. The number of benzene rings is 1. The van der Waals surface area contributed by atoms with E-state index in [2.05, 4.69) is 25.8 Å². The van der Waals surface area contributed by atoms with E-state index in [1.54, 1.807) is 56.7 Å². The molecule has 15 nitrogen and oxygen atoms in total. The molecule has 2 saturated heterocycles. The van der Waals surface area contributed by atoms with Crippen LogP contribution < -0.4 is 21.6 Å². The quantitative estimate of drug-likeness (QED) is 0.374. The van der Waals surface area contributed by atoms with Crippen LogP contribution in [0.15, 0.2) is 41.3 Å². The molecule has 1 atom stereocenters. The number of alkyl carbamates (subject to hydrolysis) is 2. The van der Waals surface area contributed by atoms with Gasteiger partial charge in [0, 0.05) is 52.0 Å². The number of carbonyl (C=O) groups is 4. The molecule has 3 heterocycles. The molecule has 3 N–H and O–H groups in total. The minimum atomic E-state index is -1.19. The molecule has 0 radical (unpaired) electrons. The fourth-order valence-electron chi connectivity index (χ4n) is 5.76. The molecule has 2 aromatic rings. The summed E-state index contributed by atoms with van der Waals surface area (Å²) in [6.07, 6.45) is 1.48. The number of nitrogens with one attached hydrogen (secondary N) is 3. The van der Waals surface area contributed by atoms with Gasteiger partial charge in [-0.2, -0.15) is 4.98 Å². The van der Waals surface area contributed by atoms with Crippen LogP contribution in [0.2, 0.25) is 0 Å². The van der Waals surface area contributed by atoms with Crippen molar-refractivity contribution in [1.82, 2.24) is 34.9 Å². The summed E-state index contributed by atoms with van der Waals surface area (Å²) in [4.78, 5) is 72.7. The molecule has 0 unspecified atom stereocenters. The van der Waals surface area contributed by atoms with Crippen LogP contribution in [0.3, 0.4) is 0 Å². The number of aromatic nitrogens is 2. The smallest absolute Gasteiger partial charge is 0.408 e. The molecule has 15 heteroatoms. The van der Waals surface area contributed by atoms with Crippen molar-refractivity contribution in [3.8, 4) is 5.69 Å². The average molecular weight is 697 g/mol. The highest BCUT2D eigenvalue weighted by Gasteiger charge is 2.37. The van der Waals surface area contributed by atoms with E-state index in [4.69, 9.17) is 9.47 Å². The molecule has 1 aromatic heterocycles. The number of anilines is 1. The number of ether oxygens (including phenoxy) is 2. The lowest BCUT2D eigenvalue weighted by atomic mass is 10.0. The molecule has 0 saturated carbocycles. The molecular weight excluding hydrogens is 644 g/mol. The lowest BCUT2D eigenvalue weighted by molar-refractivity contribution is -0.138. The monoisotopic (exact) mass is 696 g/mol. The first-order valence-corrected chi connectivity index (χ1v) is 17.0. The van der Waals surface area contributed by atoms with Crippen LogP contribution >= 0.6 is 0 Å². The normalized spacial score (nSPS) is 17.2. The number of likely N-dealkylation sites (tertiary alicyclic amines) is 1. The van der Waals surface area contributed by atoms with Crippen molar-refractivity contribution in [3.05, 3.63) is 52.6 Å². The SMILES string of the molecule is CC(C)(C)OC(=O)NC[C@@H]1CCN(Cc2ccc(-n3ccc(NC(=O)N4CCN(C(=O)C(C)(C)NC(=O)OC(C)(C)C)CC4)nc3=O)cc2)C1. The number of amides is 5. The zero-order valence-corrected chi connectivity index (χ0v) is 30.5. The Morgan fingerprint density at radius 3 is 2.02 bits per heavy atom. The van der Waals surface area contributed by atoms with Crippen molar-refractivity contribution in [1.29, 1.82) is 0 Å².